The van der Waals surface area contributed by atoms with Crippen LogP contribution in [0.1, 0.15) is 11.1 Å². The number of carbonyl (C=O) groups excluding carboxylic acids is 2. The Morgan fingerprint density at radius 1 is 0.649 bits per heavy atom. The molecule has 1 N–H and O–H groups in total. The maximum absolute atomic E-state index is 13.2. The second-order valence-corrected chi connectivity index (χ2v) is 8.42. The van der Waals surface area contributed by atoms with Crippen LogP contribution in [0.2, 0.25) is 0 Å². The van der Waals surface area contributed by atoms with Crippen LogP contribution in [-0.2, 0) is 27.4 Å². The normalized spacial score (nSPS) is 11.4. The number of Topliss-reactive ketones (excluding diaryl/α,β-unsaturated/α-hetero) is 1. The molecule has 0 aliphatic heterocycles. The molecule has 0 spiro atoms. The summed E-state index contributed by atoms with van der Waals surface area (Å²) in [5, 5.41) is 2.77. The molecule has 1 unspecified atom stereocenters. The van der Waals surface area contributed by atoms with Crippen molar-refractivity contribution < 1.29 is 23.8 Å². The van der Waals surface area contributed by atoms with Gasteiger partial charge in [0.05, 0.1) is 13.2 Å². The van der Waals surface area contributed by atoms with Gasteiger partial charge in [0.1, 0.15) is 23.3 Å². The number of nitrogens with one attached hydrogen (secondary N) is 1. The third-order valence-corrected chi connectivity index (χ3v) is 5.51. The van der Waals surface area contributed by atoms with Gasteiger partial charge in [-0.05, 0) is 47.5 Å². The van der Waals surface area contributed by atoms with Crippen LogP contribution in [0.5, 0.6) is 17.2 Å². The van der Waals surface area contributed by atoms with Crippen molar-refractivity contribution in [3.05, 3.63) is 126 Å². The Labute approximate surface area is 216 Å². The zero-order chi connectivity index (χ0) is 25.7. The van der Waals surface area contributed by atoms with Crippen molar-refractivity contribution in [1.82, 2.24) is 5.32 Å². The summed E-state index contributed by atoms with van der Waals surface area (Å²) in [5.41, 5.74) is 1.80. The molecule has 0 aromatic heterocycles. The maximum atomic E-state index is 13.2. The number of amides is 1. The van der Waals surface area contributed by atoms with Gasteiger partial charge in [0.15, 0.2) is 12.4 Å². The van der Waals surface area contributed by atoms with E-state index in [1.54, 1.807) is 12.1 Å². The van der Waals surface area contributed by atoms with Gasteiger partial charge < -0.3 is 19.5 Å². The summed E-state index contributed by atoms with van der Waals surface area (Å²) >= 11 is 0. The molecular formula is C31H29NO5. The van der Waals surface area contributed by atoms with E-state index in [2.05, 4.69) is 5.32 Å². The minimum atomic E-state index is -0.809. The van der Waals surface area contributed by atoms with Gasteiger partial charge in [0.25, 0.3) is 5.91 Å². The molecule has 0 aliphatic carbocycles. The van der Waals surface area contributed by atoms with Crippen LogP contribution in [0.15, 0.2) is 115 Å². The number of para-hydroxylation sites is 2. The molecule has 0 saturated carbocycles. The Morgan fingerprint density at radius 2 is 1.22 bits per heavy atom. The molecule has 4 aromatic carbocycles. The Hall–Kier alpha value is -4.42. The standard InChI is InChI=1S/C31H29NO5/c33-30(20-24-16-18-28(19-17-24)37-27-14-8-3-9-15-27)29(22-35-21-25-10-4-1-5-11-25)32-31(34)23-36-26-12-6-2-7-13-26/h1-19,29H,20-23H2,(H,32,34). The van der Waals surface area contributed by atoms with Crippen molar-refractivity contribution in [2.24, 2.45) is 0 Å². The third-order valence-electron chi connectivity index (χ3n) is 5.51. The van der Waals surface area contributed by atoms with E-state index in [1.165, 1.54) is 0 Å². The molecule has 0 bridgehead atoms. The first-order valence-electron chi connectivity index (χ1n) is 12.1. The number of hydrogen-bond acceptors (Lipinski definition) is 5. The minimum Gasteiger partial charge on any atom is -0.484 e. The number of rotatable bonds is 13. The van der Waals surface area contributed by atoms with Crippen molar-refractivity contribution in [2.45, 2.75) is 19.1 Å². The van der Waals surface area contributed by atoms with Gasteiger partial charge in [-0.1, -0.05) is 78.9 Å². The highest BCUT2D eigenvalue weighted by atomic mass is 16.5. The average molecular weight is 496 g/mol. The smallest absolute Gasteiger partial charge is 0.258 e. The molecule has 0 saturated heterocycles. The third kappa shape index (κ3) is 8.63. The summed E-state index contributed by atoms with van der Waals surface area (Å²) in [6.45, 7) is 0.199. The highest BCUT2D eigenvalue weighted by molar-refractivity contribution is 5.91. The Kier molecular flexibility index (Phi) is 9.44. The van der Waals surface area contributed by atoms with Crippen molar-refractivity contribution in [3.8, 4) is 17.2 Å². The molecule has 1 atom stereocenters. The highest BCUT2D eigenvalue weighted by Gasteiger charge is 2.22. The van der Waals surface area contributed by atoms with E-state index in [4.69, 9.17) is 14.2 Å². The van der Waals surface area contributed by atoms with Crippen LogP contribution in [-0.4, -0.2) is 30.9 Å². The van der Waals surface area contributed by atoms with Crippen LogP contribution >= 0.6 is 0 Å². The fourth-order valence-corrected chi connectivity index (χ4v) is 3.61. The van der Waals surface area contributed by atoms with Crippen LogP contribution in [0.3, 0.4) is 0 Å². The van der Waals surface area contributed by atoms with Gasteiger partial charge in [-0.15, -0.1) is 0 Å². The molecule has 4 aromatic rings. The van der Waals surface area contributed by atoms with Crippen molar-refractivity contribution >= 4 is 11.7 Å². The molecule has 0 radical (unpaired) electrons. The first-order valence-corrected chi connectivity index (χ1v) is 12.1. The first-order chi connectivity index (χ1) is 18.2. The highest BCUT2D eigenvalue weighted by Crippen LogP contribution is 2.21. The second-order valence-electron chi connectivity index (χ2n) is 8.42. The van der Waals surface area contributed by atoms with E-state index in [9.17, 15) is 9.59 Å². The minimum absolute atomic E-state index is 0.0556. The van der Waals surface area contributed by atoms with E-state index < -0.39 is 11.9 Å². The zero-order valence-corrected chi connectivity index (χ0v) is 20.4. The zero-order valence-electron chi connectivity index (χ0n) is 20.4. The van der Waals surface area contributed by atoms with Crippen LogP contribution < -0.4 is 14.8 Å². The van der Waals surface area contributed by atoms with Crippen molar-refractivity contribution in [3.63, 3.8) is 0 Å². The molecule has 6 heteroatoms. The monoisotopic (exact) mass is 495 g/mol. The topological polar surface area (TPSA) is 73.9 Å². The Morgan fingerprint density at radius 3 is 1.86 bits per heavy atom. The quantitative estimate of drug-likeness (QED) is 0.270. The van der Waals surface area contributed by atoms with E-state index in [0.717, 1.165) is 16.9 Å². The number of benzene rings is 4. The maximum Gasteiger partial charge on any atom is 0.258 e. The molecule has 6 nitrogen and oxygen atoms in total. The average Bonchev–Trinajstić information content (AvgIpc) is 2.94. The van der Waals surface area contributed by atoms with Crippen LogP contribution in [0.25, 0.3) is 0 Å². The first kappa shape index (κ1) is 25.7. The lowest BCUT2D eigenvalue weighted by molar-refractivity contribution is -0.130. The molecule has 0 aliphatic rings. The number of ketones is 1. The summed E-state index contributed by atoms with van der Waals surface area (Å²) in [7, 11) is 0. The van der Waals surface area contributed by atoms with Gasteiger partial charge in [-0.2, -0.15) is 0 Å². The summed E-state index contributed by atoms with van der Waals surface area (Å²) in [6, 6.07) is 34.7. The van der Waals surface area contributed by atoms with Gasteiger partial charge in [-0.3, -0.25) is 9.59 Å². The molecule has 0 fully saturated rings. The molecule has 1 amide bonds. The van der Waals surface area contributed by atoms with E-state index in [1.807, 2.05) is 103 Å². The predicted molar refractivity (Wildman–Crippen MR) is 142 cm³/mol. The number of carbonyl (C=O) groups is 2. The summed E-state index contributed by atoms with van der Waals surface area (Å²) in [5.74, 6) is 1.45. The molecule has 188 valence electrons. The lowest BCUT2D eigenvalue weighted by Crippen LogP contribution is -2.46. The molecule has 4 rings (SSSR count). The molecular weight excluding hydrogens is 466 g/mol. The van der Waals surface area contributed by atoms with Crippen LogP contribution in [0.4, 0.5) is 0 Å². The fraction of sp³-hybridized carbons (Fsp3) is 0.161. The Balaban J connectivity index is 1.35. The van der Waals surface area contributed by atoms with Crippen molar-refractivity contribution in [2.75, 3.05) is 13.2 Å². The summed E-state index contributed by atoms with van der Waals surface area (Å²) in [6.07, 6.45) is 0.144. The number of ether oxygens (including phenoxy) is 3. The van der Waals surface area contributed by atoms with E-state index >= 15 is 0 Å². The van der Waals surface area contributed by atoms with E-state index in [-0.39, 0.29) is 25.4 Å². The number of hydrogen-bond donors (Lipinski definition) is 1. The SMILES string of the molecule is O=C(COc1ccccc1)NC(COCc1ccccc1)C(=O)Cc1ccc(Oc2ccccc2)cc1. The molecule has 0 heterocycles. The lowest BCUT2D eigenvalue weighted by atomic mass is 10.0. The summed E-state index contributed by atoms with van der Waals surface area (Å²) < 4.78 is 17.1. The van der Waals surface area contributed by atoms with E-state index in [0.29, 0.717) is 18.1 Å². The largest absolute Gasteiger partial charge is 0.484 e. The molecule has 37 heavy (non-hydrogen) atoms. The van der Waals surface area contributed by atoms with Gasteiger partial charge >= 0.3 is 0 Å². The second kappa shape index (κ2) is 13.6. The van der Waals surface area contributed by atoms with Gasteiger partial charge in [-0.25, -0.2) is 0 Å². The van der Waals surface area contributed by atoms with Crippen molar-refractivity contribution in [1.29, 1.82) is 0 Å². The van der Waals surface area contributed by atoms with Gasteiger partial charge in [0, 0.05) is 6.42 Å². The lowest BCUT2D eigenvalue weighted by Gasteiger charge is -2.18. The summed E-state index contributed by atoms with van der Waals surface area (Å²) in [4.78, 5) is 25.7. The van der Waals surface area contributed by atoms with Crippen LogP contribution in [0, 0.1) is 0 Å². The van der Waals surface area contributed by atoms with Gasteiger partial charge in [0.2, 0.25) is 0 Å². The Bertz CT molecular complexity index is 1250. The fourth-order valence-electron chi connectivity index (χ4n) is 3.61. The predicted octanol–water partition coefficient (Wildman–Crippen LogP) is 5.37.